The zero-order chi connectivity index (χ0) is 22.4. The minimum Gasteiger partial charge on any atom is -0.489 e. The van der Waals surface area contributed by atoms with Gasteiger partial charge in [-0.05, 0) is 48.8 Å². The van der Waals surface area contributed by atoms with Crippen molar-refractivity contribution < 1.29 is 14.3 Å². The maximum absolute atomic E-state index is 12.9. The molecule has 31 heavy (non-hydrogen) atoms. The van der Waals surface area contributed by atoms with Crippen molar-refractivity contribution in [2.24, 2.45) is 0 Å². The summed E-state index contributed by atoms with van der Waals surface area (Å²) in [6.45, 7) is 4.27. The van der Waals surface area contributed by atoms with Gasteiger partial charge < -0.3 is 4.74 Å². The number of imide groups is 1. The van der Waals surface area contributed by atoms with Gasteiger partial charge in [0.15, 0.2) is 0 Å². The van der Waals surface area contributed by atoms with E-state index >= 15 is 0 Å². The van der Waals surface area contributed by atoms with Crippen LogP contribution < -0.4 is 4.74 Å². The van der Waals surface area contributed by atoms with Gasteiger partial charge in [-0.1, -0.05) is 55.3 Å². The highest BCUT2D eigenvalue weighted by molar-refractivity contribution is 6.31. The first kappa shape index (κ1) is 22.3. The Morgan fingerprint density at radius 1 is 1.10 bits per heavy atom. The van der Waals surface area contributed by atoms with Crippen LogP contribution in [0.2, 0.25) is 5.02 Å². The second kappa shape index (κ2) is 10.1. The quantitative estimate of drug-likeness (QED) is 0.437. The Bertz CT molecular complexity index is 1090. The molecule has 0 bridgehead atoms. The number of carbonyl (C=O) groups excluding carboxylic acids is 2. The van der Waals surface area contributed by atoms with Crippen molar-refractivity contribution in [2.75, 3.05) is 6.54 Å². The number of carbonyl (C=O) groups is 2. The Kier molecular flexibility index (Phi) is 7.28. The van der Waals surface area contributed by atoms with Crippen molar-refractivity contribution in [1.82, 2.24) is 4.90 Å². The minimum atomic E-state index is -0.515. The van der Waals surface area contributed by atoms with Gasteiger partial charge in [0.1, 0.15) is 24.0 Å². The average Bonchev–Trinajstić information content (AvgIpc) is 2.77. The van der Waals surface area contributed by atoms with Crippen LogP contribution in [0.25, 0.3) is 6.08 Å². The highest BCUT2D eigenvalue weighted by Crippen LogP contribution is 2.28. The van der Waals surface area contributed by atoms with Gasteiger partial charge in [-0.2, -0.15) is 5.26 Å². The summed E-state index contributed by atoms with van der Waals surface area (Å²) in [4.78, 5) is 26.6. The summed E-state index contributed by atoms with van der Waals surface area (Å²) in [6, 6.07) is 16.7. The van der Waals surface area contributed by atoms with Gasteiger partial charge in [-0.3, -0.25) is 14.5 Å². The van der Waals surface area contributed by atoms with Crippen LogP contribution in [0.1, 0.15) is 37.8 Å². The standard InChI is InChI=1S/C25H23ClN2O3/c1-3-4-13-28-24(29)21(17(2)22(15-27)25(28)30)14-18-9-11-20(12-10-18)31-16-19-7-5-6-8-23(19)26/h5-12,14H,3-4,13,16H2,1-2H3/b21-14+. The molecule has 0 saturated heterocycles. The minimum absolute atomic E-state index is 0.0154. The summed E-state index contributed by atoms with van der Waals surface area (Å²) in [7, 11) is 0. The lowest BCUT2D eigenvalue weighted by Crippen LogP contribution is -2.43. The Hall–Kier alpha value is -3.36. The van der Waals surface area contributed by atoms with Gasteiger partial charge in [-0.25, -0.2) is 0 Å². The molecule has 1 aliphatic rings. The fourth-order valence-electron chi connectivity index (χ4n) is 3.25. The monoisotopic (exact) mass is 434 g/mol. The first-order valence-corrected chi connectivity index (χ1v) is 10.5. The number of rotatable bonds is 7. The first-order chi connectivity index (χ1) is 15.0. The lowest BCUT2D eigenvalue weighted by atomic mass is 9.93. The largest absolute Gasteiger partial charge is 0.489 e. The average molecular weight is 435 g/mol. The Morgan fingerprint density at radius 3 is 2.45 bits per heavy atom. The summed E-state index contributed by atoms with van der Waals surface area (Å²) in [5.74, 6) is -0.213. The van der Waals surface area contributed by atoms with E-state index in [0.29, 0.717) is 41.5 Å². The molecule has 0 spiro atoms. The van der Waals surface area contributed by atoms with Crippen LogP contribution in [0.4, 0.5) is 0 Å². The van der Waals surface area contributed by atoms with E-state index < -0.39 is 5.91 Å². The molecule has 0 atom stereocenters. The maximum atomic E-state index is 12.9. The molecule has 2 amide bonds. The van der Waals surface area contributed by atoms with Gasteiger partial charge in [-0.15, -0.1) is 0 Å². The van der Waals surface area contributed by atoms with Gasteiger partial charge in [0, 0.05) is 22.7 Å². The lowest BCUT2D eigenvalue weighted by molar-refractivity contribution is -0.140. The van der Waals surface area contributed by atoms with Crippen molar-refractivity contribution in [3.8, 4) is 11.8 Å². The molecule has 0 aromatic heterocycles. The van der Waals surface area contributed by atoms with Gasteiger partial charge >= 0.3 is 0 Å². The Labute approximate surface area is 187 Å². The molecule has 2 aromatic carbocycles. The topological polar surface area (TPSA) is 70.4 Å². The molecule has 158 valence electrons. The number of hydrogen-bond acceptors (Lipinski definition) is 4. The second-order valence-electron chi connectivity index (χ2n) is 7.23. The third-order valence-electron chi connectivity index (χ3n) is 5.10. The molecule has 0 aliphatic carbocycles. The van der Waals surface area contributed by atoms with Crippen LogP contribution in [0.5, 0.6) is 5.75 Å². The summed E-state index contributed by atoms with van der Waals surface area (Å²) in [5.41, 5.74) is 2.45. The normalized spacial score (nSPS) is 15.4. The number of benzene rings is 2. The molecule has 1 aliphatic heterocycles. The van der Waals surface area contributed by atoms with E-state index in [9.17, 15) is 14.9 Å². The van der Waals surface area contributed by atoms with E-state index in [2.05, 4.69) is 0 Å². The van der Waals surface area contributed by atoms with Gasteiger partial charge in [0.2, 0.25) is 0 Å². The molecule has 0 N–H and O–H groups in total. The summed E-state index contributed by atoms with van der Waals surface area (Å²) in [5, 5.41) is 10.1. The number of ether oxygens (including phenoxy) is 1. The number of nitriles is 1. The number of hydrogen-bond donors (Lipinski definition) is 0. The summed E-state index contributed by atoms with van der Waals surface area (Å²) < 4.78 is 5.79. The van der Waals surface area contributed by atoms with Crippen LogP contribution in [0.15, 0.2) is 65.3 Å². The molecule has 5 nitrogen and oxygen atoms in total. The molecule has 1 heterocycles. The van der Waals surface area contributed by atoms with E-state index in [-0.39, 0.29) is 11.5 Å². The van der Waals surface area contributed by atoms with E-state index in [0.717, 1.165) is 17.5 Å². The predicted octanol–water partition coefficient (Wildman–Crippen LogP) is 5.31. The van der Waals surface area contributed by atoms with Gasteiger partial charge in [0.25, 0.3) is 11.8 Å². The SMILES string of the molecule is CCCCN1C(=O)C(C#N)=C(C)/C(=C\c2ccc(OCc3ccccc3Cl)cc2)C1=O. The highest BCUT2D eigenvalue weighted by atomic mass is 35.5. The number of nitrogens with zero attached hydrogens (tertiary/aromatic N) is 2. The molecule has 6 heteroatoms. The Balaban J connectivity index is 1.81. The van der Waals surface area contributed by atoms with Crippen molar-refractivity contribution in [1.29, 1.82) is 5.26 Å². The summed E-state index contributed by atoms with van der Waals surface area (Å²) >= 11 is 6.15. The van der Waals surface area contributed by atoms with E-state index in [1.807, 2.05) is 49.4 Å². The molecule has 3 rings (SSSR count). The fourth-order valence-corrected chi connectivity index (χ4v) is 3.44. The van der Waals surface area contributed by atoms with E-state index in [1.165, 1.54) is 4.90 Å². The van der Waals surface area contributed by atoms with Crippen molar-refractivity contribution in [3.05, 3.63) is 81.4 Å². The third-order valence-corrected chi connectivity index (χ3v) is 5.47. The molecule has 0 radical (unpaired) electrons. The number of halogens is 1. The molecule has 0 saturated carbocycles. The molecule has 2 aromatic rings. The smallest absolute Gasteiger partial charge is 0.271 e. The Morgan fingerprint density at radius 2 is 1.81 bits per heavy atom. The molecular formula is C25H23ClN2O3. The first-order valence-electron chi connectivity index (χ1n) is 10.1. The van der Waals surface area contributed by atoms with Crippen molar-refractivity contribution in [3.63, 3.8) is 0 Å². The van der Waals surface area contributed by atoms with Crippen LogP contribution in [-0.4, -0.2) is 23.3 Å². The number of unbranched alkanes of at least 4 members (excludes halogenated alkanes) is 1. The highest BCUT2D eigenvalue weighted by Gasteiger charge is 2.34. The lowest BCUT2D eigenvalue weighted by Gasteiger charge is -2.27. The van der Waals surface area contributed by atoms with Crippen LogP contribution in [-0.2, 0) is 16.2 Å². The van der Waals surface area contributed by atoms with E-state index in [1.54, 1.807) is 25.1 Å². The molecule has 0 fully saturated rings. The van der Waals surface area contributed by atoms with Crippen LogP contribution in [0, 0.1) is 11.3 Å². The summed E-state index contributed by atoms with van der Waals surface area (Å²) in [6.07, 6.45) is 3.24. The van der Waals surface area contributed by atoms with Crippen molar-refractivity contribution >= 4 is 29.5 Å². The zero-order valence-electron chi connectivity index (χ0n) is 17.5. The maximum Gasteiger partial charge on any atom is 0.271 e. The van der Waals surface area contributed by atoms with Gasteiger partial charge in [0.05, 0.1) is 0 Å². The third kappa shape index (κ3) is 5.04. The molecular weight excluding hydrogens is 412 g/mol. The zero-order valence-corrected chi connectivity index (χ0v) is 18.3. The molecule has 0 unspecified atom stereocenters. The van der Waals surface area contributed by atoms with E-state index in [4.69, 9.17) is 16.3 Å². The second-order valence-corrected chi connectivity index (χ2v) is 7.64. The van der Waals surface area contributed by atoms with Crippen LogP contribution in [0.3, 0.4) is 0 Å². The van der Waals surface area contributed by atoms with Crippen molar-refractivity contribution in [2.45, 2.75) is 33.3 Å². The number of amides is 2. The predicted molar refractivity (Wildman–Crippen MR) is 120 cm³/mol. The fraction of sp³-hybridized carbons (Fsp3) is 0.240. The van der Waals surface area contributed by atoms with Crippen LogP contribution >= 0.6 is 11.6 Å².